The molecule has 0 spiro atoms. The van der Waals surface area contributed by atoms with E-state index >= 15 is 0 Å². The van der Waals surface area contributed by atoms with Gasteiger partial charge in [0.15, 0.2) is 0 Å². The van der Waals surface area contributed by atoms with E-state index in [0.717, 1.165) is 25.4 Å². The molecule has 0 radical (unpaired) electrons. The van der Waals surface area contributed by atoms with Gasteiger partial charge in [-0.2, -0.15) is 0 Å². The second kappa shape index (κ2) is 6.53. The number of hydrogen-bond donors (Lipinski definition) is 1. The molecule has 0 unspecified atom stereocenters. The summed E-state index contributed by atoms with van der Waals surface area (Å²) in [5.74, 6) is 0.989. The SMILES string of the molecule is c1cc(CN2CCCC2)ccc1CCNCC1CC1. The lowest BCUT2D eigenvalue weighted by Gasteiger charge is -2.14. The van der Waals surface area contributed by atoms with Crippen molar-refractivity contribution in [2.75, 3.05) is 26.2 Å². The van der Waals surface area contributed by atoms with Crippen LogP contribution in [0.2, 0.25) is 0 Å². The second-order valence-electron chi connectivity index (χ2n) is 6.20. The van der Waals surface area contributed by atoms with Gasteiger partial charge in [-0.15, -0.1) is 0 Å². The molecule has 1 aromatic carbocycles. The van der Waals surface area contributed by atoms with Gasteiger partial charge in [-0.25, -0.2) is 0 Å². The van der Waals surface area contributed by atoms with Crippen LogP contribution in [0.3, 0.4) is 0 Å². The van der Waals surface area contributed by atoms with Crippen molar-refractivity contribution in [3.63, 3.8) is 0 Å². The second-order valence-corrected chi connectivity index (χ2v) is 6.20. The number of nitrogens with zero attached hydrogens (tertiary/aromatic N) is 1. The van der Waals surface area contributed by atoms with E-state index in [2.05, 4.69) is 34.5 Å². The molecule has 1 N–H and O–H groups in total. The molecule has 0 amide bonds. The summed E-state index contributed by atoms with van der Waals surface area (Å²) in [5.41, 5.74) is 2.94. The zero-order chi connectivity index (χ0) is 12.9. The Kier molecular flexibility index (Phi) is 4.52. The van der Waals surface area contributed by atoms with Gasteiger partial charge < -0.3 is 5.32 Å². The third-order valence-corrected chi connectivity index (χ3v) is 4.35. The lowest BCUT2D eigenvalue weighted by Crippen LogP contribution is -2.20. The summed E-state index contributed by atoms with van der Waals surface area (Å²) < 4.78 is 0. The average Bonchev–Trinajstić information content (AvgIpc) is 3.12. The standard InChI is InChI=1S/C17H26N2/c1-2-12-19(11-1)14-17-7-3-15(4-8-17)9-10-18-13-16-5-6-16/h3-4,7-8,16,18H,1-2,5-6,9-14H2. The molecular weight excluding hydrogens is 232 g/mol. The molecule has 2 nitrogen and oxygen atoms in total. The summed E-state index contributed by atoms with van der Waals surface area (Å²) in [6.07, 6.45) is 6.81. The Bertz CT molecular complexity index is 375. The molecule has 1 aliphatic heterocycles. The van der Waals surface area contributed by atoms with E-state index < -0.39 is 0 Å². The van der Waals surface area contributed by atoms with Crippen molar-refractivity contribution in [1.29, 1.82) is 0 Å². The first-order valence-corrected chi connectivity index (χ1v) is 7.91. The van der Waals surface area contributed by atoms with Crippen LogP contribution in [0, 0.1) is 5.92 Å². The van der Waals surface area contributed by atoms with Gasteiger partial charge in [-0.1, -0.05) is 24.3 Å². The van der Waals surface area contributed by atoms with Crippen LogP contribution in [0.1, 0.15) is 36.8 Å². The van der Waals surface area contributed by atoms with Crippen LogP contribution >= 0.6 is 0 Å². The molecule has 1 aliphatic carbocycles. The fraction of sp³-hybridized carbons (Fsp3) is 0.647. The van der Waals surface area contributed by atoms with Gasteiger partial charge in [-0.3, -0.25) is 4.90 Å². The largest absolute Gasteiger partial charge is 0.316 e. The van der Waals surface area contributed by atoms with Crippen molar-refractivity contribution in [2.45, 2.75) is 38.6 Å². The summed E-state index contributed by atoms with van der Waals surface area (Å²) in [5, 5.41) is 3.56. The van der Waals surface area contributed by atoms with E-state index in [9.17, 15) is 0 Å². The molecule has 1 aromatic rings. The first-order valence-electron chi connectivity index (χ1n) is 7.91. The summed E-state index contributed by atoms with van der Waals surface area (Å²) in [4.78, 5) is 2.56. The number of rotatable bonds is 7. The fourth-order valence-electron chi connectivity index (χ4n) is 2.87. The monoisotopic (exact) mass is 258 g/mol. The molecule has 0 bridgehead atoms. The van der Waals surface area contributed by atoms with Gasteiger partial charge in [0.25, 0.3) is 0 Å². The molecule has 104 valence electrons. The van der Waals surface area contributed by atoms with E-state index in [1.54, 1.807) is 0 Å². The number of benzene rings is 1. The molecule has 1 heterocycles. The zero-order valence-electron chi connectivity index (χ0n) is 11.9. The van der Waals surface area contributed by atoms with E-state index in [0.29, 0.717) is 0 Å². The number of nitrogens with one attached hydrogen (secondary N) is 1. The van der Waals surface area contributed by atoms with Crippen LogP contribution in [-0.2, 0) is 13.0 Å². The maximum atomic E-state index is 3.56. The third-order valence-electron chi connectivity index (χ3n) is 4.35. The number of likely N-dealkylation sites (tertiary alicyclic amines) is 1. The Labute approximate surface area is 117 Å². The van der Waals surface area contributed by atoms with Gasteiger partial charge in [0.2, 0.25) is 0 Å². The average molecular weight is 258 g/mol. The highest BCUT2D eigenvalue weighted by Crippen LogP contribution is 2.27. The van der Waals surface area contributed by atoms with Gasteiger partial charge >= 0.3 is 0 Å². The summed E-state index contributed by atoms with van der Waals surface area (Å²) >= 11 is 0. The van der Waals surface area contributed by atoms with E-state index in [1.807, 2.05) is 0 Å². The van der Waals surface area contributed by atoms with Crippen molar-refractivity contribution >= 4 is 0 Å². The Morgan fingerprint density at radius 2 is 1.68 bits per heavy atom. The topological polar surface area (TPSA) is 15.3 Å². The summed E-state index contributed by atoms with van der Waals surface area (Å²) in [7, 11) is 0. The summed E-state index contributed by atoms with van der Waals surface area (Å²) in [6, 6.07) is 9.25. The Hall–Kier alpha value is -0.860. The minimum atomic E-state index is 0.989. The molecule has 2 fully saturated rings. The maximum absolute atomic E-state index is 3.56. The lowest BCUT2D eigenvalue weighted by molar-refractivity contribution is 0.331. The van der Waals surface area contributed by atoms with Crippen molar-refractivity contribution in [3.05, 3.63) is 35.4 Å². The molecule has 0 atom stereocenters. The van der Waals surface area contributed by atoms with Crippen LogP contribution in [-0.4, -0.2) is 31.1 Å². The molecule has 0 aromatic heterocycles. The molecule has 1 saturated heterocycles. The van der Waals surface area contributed by atoms with Crippen LogP contribution in [0.4, 0.5) is 0 Å². The van der Waals surface area contributed by atoms with Gasteiger partial charge in [0.1, 0.15) is 0 Å². The first-order chi connectivity index (χ1) is 9.40. The zero-order valence-corrected chi connectivity index (χ0v) is 11.9. The van der Waals surface area contributed by atoms with Crippen LogP contribution < -0.4 is 5.32 Å². The van der Waals surface area contributed by atoms with Crippen LogP contribution in [0.15, 0.2) is 24.3 Å². The number of hydrogen-bond acceptors (Lipinski definition) is 2. The Morgan fingerprint density at radius 1 is 1.00 bits per heavy atom. The van der Waals surface area contributed by atoms with Crippen molar-refractivity contribution in [3.8, 4) is 0 Å². The third kappa shape index (κ3) is 4.32. The highest BCUT2D eigenvalue weighted by atomic mass is 15.1. The Morgan fingerprint density at radius 3 is 2.37 bits per heavy atom. The lowest BCUT2D eigenvalue weighted by atomic mass is 10.1. The highest BCUT2D eigenvalue weighted by Gasteiger charge is 2.19. The van der Waals surface area contributed by atoms with E-state index in [1.165, 1.54) is 56.4 Å². The minimum absolute atomic E-state index is 0.989. The smallest absolute Gasteiger partial charge is 0.0233 e. The predicted octanol–water partition coefficient (Wildman–Crippen LogP) is 2.82. The van der Waals surface area contributed by atoms with E-state index in [-0.39, 0.29) is 0 Å². The summed E-state index contributed by atoms with van der Waals surface area (Å²) in [6.45, 7) is 6.06. The van der Waals surface area contributed by atoms with Gasteiger partial charge in [0.05, 0.1) is 0 Å². The van der Waals surface area contributed by atoms with Crippen molar-refractivity contribution in [2.24, 2.45) is 5.92 Å². The molecule has 3 rings (SSSR count). The molecular formula is C17H26N2. The molecule has 19 heavy (non-hydrogen) atoms. The molecule has 2 heteroatoms. The van der Waals surface area contributed by atoms with Gasteiger partial charge in [-0.05, 0) is 75.3 Å². The predicted molar refractivity (Wildman–Crippen MR) is 80.3 cm³/mol. The van der Waals surface area contributed by atoms with Crippen molar-refractivity contribution in [1.82, 2.24) is 10.2 Å². The van der Waals surface area contributed by atoms with Gasteiger partial charge in [0, 0.05) is 6.54 Å². The van der Waals surface area contributed by atoms with Crippen LogP contribution in [0.5, 0.6) is 0 Å². The molecule has 1 saturated carbocycles. The van der Waals surface area contributed by atoms with Crippen molar-refractivity contribution < 1.29 is 0 Å². The first kappa shape index (κ1) is 13.1. The minimum Gasteiger partial charge on any atom is -0.316 e. The van der Waals surface area contributed by atoms with Crippen LogP contribution in [0.25, 0.3) is 0 Å². The normalized spacial score (nSPS) is 20.0. The highest BCUT2D eigenvalue weighted by molar-refractivity contribution is 5.22. The fourth-order valence-corrected chi connectivity index (χ4v) is 2.87. The quantitative estimate of drug-likeness (QED) is 0.757. The Balaban J connectivity index is 1.39. The van der Waals surface area contributed by atoms with E-state index in [4.69, 9.17) is 0 Å². The maximum Gasteiger partial charge on any atom is 0.0233 e. The molecule has 2 aliphatic rings.